The van der Waals surface area contributed by atoms with Crippen molar-refractivity contribution < 1.29 is 9.53 Å². The number of ether oxygens (including phenoxy) is 1. The van der Waals surface area contributed by atoms with Gasteiger partial charge < -0.3 is 9.64 Å². The highest BCUT2D eigenvalue weighted by Crippen LogP contribution is 2.30. The normalized spacial score (nSPS) is 15.3. The minimum Gasteiger partial charge on any atom is -0.480 e. The maximum absolute atomic E-state index is 13.2. The molecule has 3 heteroatoms. The van der Waals surface area contributed by atoms with E-state index in [0.29, 0.717) is 13.0 Å². The van der Waals surface area contributed by atoms with Crippen molar-refractivity contribution in [3.05, 3.63) is 96.1 Å². The lowest BCUT2D eigenvalue weighted by Crippen LogP contribution is -2.41. The Morgan fingerprint density at radius 3 is 2.24 bits per heavy atom. The van der Waals surface area contributed by atoms with E-state index < -0.39 is 6.10 Å². The minimum absolute atomic E-state index is 0.00810. The highest BCUT2D eigenvalue weighted by Gasteiger charge is 2.32. The highest BCUT2D eigenvalue weighted by atomic mass is 16.5. The van der Waals surface area contributed by atoms with E-state index in [0.717, 1.165) is 22.6 Å². The summed E-state index contributed by atoms with van der Waals surface area (Å²) in [6.07, 6.45) is 0.147. The van der Waals surface area contributed by atoms with Crippen LogP contribution in [-0.2, 0) is 17.8 Å². The fourth-order valence-corrected chi connectivity index (χ4v) is 3.16. The molecule has 124 valence electrons. The van der Waals surface area contributed by atoms with Gasteiger partial charge in [-0.15, -0.1) is 0 Å². The van der Waals surface area contributed by atoms with Crippen LogP contribution in [-0.4, -0.2) is 12.0 Å². The third-order valence-corrected chi connectivity index (χ3v) is 4.44. The molecule has 3 nitrogen and oxygen atoms in total. The van der Waals surface area contributed by atoms with Crippen LogP contribution in [0.4, 0.5) is 5.69 Å². The molecule has 0 N–H and O–H groups in total. The molecule has 25 heavy (non-hydrogen) atoms. The average molecular weight is 329 g/mol. The van der Waals surface area contributed by atoms with Crippen molar-refractivity contribution in [2.24, 2.45) is 0 Å². The summed E-state index contributed by atoms with van der Waals surface area (Å²) in [5.41, 5.74) is 3.07. The van der Waals surface area contributed by atoms with Crippen LogP contribution in [0.5, 0.6) is 5.75 Å². The zero-order chi connectivity index (χ0) is 17.1. The molecule has 3 aromatic carbocycles. The number of fused-ring (bicyclic) bond motifs is 1. The molecule has 0 aliphatic carbocycles. The Labute approximate surface area is 147 Å². The molecular formula is C22H19NO2. The first-order valence-electron chi connectivity index (χ1n) is 8.46. The van der Waals surface area contributed by atoms with Crippen molar-refractivity contribution in [2.75, 3.05) is 4.90 Å². The van der Waals surface area contributed by atoms with Gasteiger partial charge in [0, 0.05) is 12.1 Å². The third kappa shape index (κ3) is 3.26. The first-order chi connectivity index (χ1) is 12.3. The maximum Gasteiger partial charge on any atom is 0.268 e. The van der Waals surface area contributed by atoms with Gasteiger partial charge in [0.15, 0.2) is 6.10 Å². The second-order valence-corrected chi connectivity index (χ2v) is 6.16. The third-order valence-electron chi connectivity index (χ3n) is 4.44. The molecule has 0 spiro atoms. The Kier molecular flexibility index (Phi) is 4.21. The highest BCUT2D eigenvalue weighted by molar-refractivity contribution is 5.97. The molecule has 1 amide bonds. The Bertz CT molecular complexity index is 836. The van der Waals surface area contributed by atoms with Gasteiger partial charge in [-0.2, -0.15) is 0 Å². The van der Waals surface area contributed by atoms with Crippen LogP contribution in [0.15, 0.2) is 84.9 Å². The molecule has 1 atom stereocenters. The Balaban J connectivity index is 1.61. The number of hydrogen-bond donors (Lipinski definition) is 0. The molecule has 0 fully saturated rings. The number of anilines is 1. The molecule has 0 unspecified atom stereocenters. The molecule has 4 rings (SSSR count). The molecule has 0 radical (unpaired) electrons. The van der Waals surface area contributed by atoms with Gasteiger partial charge in [0.2, 0.25) is 0 Å². The minimum atomic E-state index is -0.471. The Hall–Kier alpha value is -3.07. The molecule has 0 saturated heterocycles. The van der Waals surface area contributed by atoms with Gasteiger partial charge >= 0.3 is 0 Å². The van der Waals surface area contributed by atoms with E-state index in [-0.39, 0.29) is 5.91 Å². The van der Waals surface area contributed by atoms with Gasteiger partial charge in [0.05, 0.1) is 6.54 Å². The molecule has 0 bridgehead atoms. The topological polar surface area (TPSA) is 29.5 Å². The van der Waals surface area contributed by atoms with Crippen LogP contribution in [0.1, 0.15) is 11.1 Å². The zero-order valence-electron chi connectivity index (χ0n) is 13.8. The molecular weight excluding hydrogens is 310 g/mol. The van der Waals surface area contributed by atoms with E-state index in [9.17, 15) is 4.79 Å². The molecule has 1 aliphatic heterocycles. The molecule has 0 aromatic heterocycles. The van der Waals surface area contributed by atoms with Crippen molar-refractivity contribution in [1.29, 1.82) is 0 Å². The molecule has 1 heterocycles. The van der Waals surface area contributed by atoms with Gasteiger partial charge in [-0.1, -0.05) is 66.7 Å². The van der Waals surface area contributed by atoms with Gasteiger partial charge in [-0.3, -0.25) is 4.79 Å². The van der Waals surface area contributed by atoms with Crippen LogP contribution in [0.25, 0.3) is 0 Å². The van der Waals surface area contributed by atoms with Crippen LogP contribution in [0, 0.1) is 0 Å². The van der Waals surface area contributed by atoms with Crippen molar-refractivity contribution in [2.45, 2.75) is 19.1 Å². The molecule has 0 saturated carbocycles. The second-order valence-electron chi connectivity index (χ2n) is 6.16. The summed E-state index contributed by atoms with van der Waals surface area (Å²) in [4.78, 5) is 15.0. The summed E-state index contributed by atoms with van der Waals surface area (Å²) in [6, 6.07) is 27.7. The number of benzene rings is 3. The smallest absolute Gasteiger partial charge is 0.268 e. The maximum atomic E-state index is 13.2. The van der Waals surface area contributed by atoms with Crippen LogP contribution >= 0.6 is 0 Å². The van der Waals surface area contributed by atoms with Crippen LogP contribution < -0.4 is 9.64 Å². The lowest BCUT2D eigenvalue weighted by molar-refractivity contribution is -0.124. The predicted molar refractivity (Wildman–Crippen MR) is 98.6 cm³/mol. The van der Waals surface area contributed by atoms with Crippen molar-refractivity contribution in [1.82, 2.24) is 0 Å². The van der Waals surface area contributed by atoms with E-state index in [4.69, 9.17) is 4.74 Å². The second kappa shape index (κ2) is 6.81. The van der Waals surface area contributed by atoms with Gasteiger partial charge in [0.25, 0.3) is 5.91 Å². The van der Waals surface area contributed by atoms with E-state index >= 15 is 0 Å². The molecule has 3 aromatic rings. The SMILES string of the molecule is O=C([C@H]1Cc2ccccc2O1)N(Cc1ccccc1)c1ccccc1. The summed E-state index contributed by atoms with van der Waals surface area (Å²) < 4.78 is 5.92. The summed E-state index contributed by atoms with van der Waals surface area (Å²) in [5, 5.41) is 0. The number of amides is 1. The van der Waals surface area contributed by atoms with E-state index in [2.05, 4.69) is 0 Å². The zero-order valence-corrected chi connectivity index (χ0v) is 13.8. The number of nitrogens with zero attached hydrogens (tertiary/aromatic N) is 1. The van der Waals surface area contributed by atoms with Gasteiger partial charge in [0.1, 0.15) is 5.75 Å². The first kappa shape index (κ1) is 15.5. The first-order valence-corrected chi connectivity index (χ1v) is 8.46. The van der Waals surface area contributed by atoms with Crippen molar-refractivity contribution in [3.8, 4) is 5.75 Å². The predicted octanol–water partition coefficient (Wildman–Crippen LogP) is 4.22. The van der Waals surface area contributed by atoms with Crippen LogP contribution in [0.3, 0.4) is 0 Å². The quantitative estimate of drug-likeness (QED) is 0.717. The number of rotatable bonds is 4. The van der Waals surface area contributed by atoms with Gasteiger partial charge in [-0.05, 0) is 29.3 Å². The molecule has 1 aliphatic rings. The van der Waals surface area contributed by atoms with E-state index in [1.807, 2.05) is 89.8 Å². The lowest BCUT2D eigenvalue weighted by Gasteiger charge is -2.25. The van der Waals surface area contributed by atoms with Crippen molar-refractivity contribution in [3.63, 3.8) is 0 Å². The fraction of sp³-hybridized carbons (Fsp3) is 0.136. The number of carbonyl (C=O) groups excluding carboxylic acids is 1. The Morgan fingerprint density at radius 2 is 1.52 bits per heavy atom. The summed E-state index contributed by atoms with van der Waals surface area (Å²) >= 11 is 0. The number of hydrogen-bond acceptors (Lipinski definition) is 2. The Morgan fingerprint density at radius 1 is 0.880 bits per heavy atom. The standard InChI is InChI=1S/C22H19NO2/c24-22(21-15-18-11-7-8-14-20(18)25-21)23(19-12-5-2-6-13-19)16-17-9-3-1-4-10-17/h1-14,21H,15-16H2/t21-/m1/s1. The number of carbonyl (C=O) groups is 1. The van der Waals surface area contributed by atoms with E-state index in [1.54, 1.807) is 0 Å². The van der Waals surface area contributed by atoms with E-state index in [1.165, 1.54) is 0 Å². The largest absolute Gasteiger partial charge is 0.480 e. The average Bonchev–Trinajstić information content (AvgIpc) is 3.11. The van der Waals surface area contributed by atoms with Crippen molar-refractivity contribution >= 4 is 11.6 Å². The van der Waals surface area contributed by atoms with Gasteiger partial charge in [-0.25, -0.2) is 0 Å². The van der Waals surface area contributed by atoms with Crippen LogP contribution in [0.2, 0.25) is 0 Å². The summed E-state index contributed by atoms with van der Waals surface area (Å²) in [7, 11) is 0. The fourth-order valence-electron chi connectivity index (χ4n) is 3.16. The monoisotopic (exact) mass is 329 g/mol. The number of para-hydroxylation sites is 2. The summed E-state index contributed by atoms with van der Waals surface area (Å²) in [6.45, 7) is 0.528. The summed E-state index contributed by atoms with van der Waals surface area (Å²) in [5.74, 6) is 0.805. The lowest BCUT2D eigenvalue weighted by atomic mass is 10.1.